The maximum absolute atomic E-state index is 13.2. The second kappa shape index (κ2) is 43.0. The lowest BCUT2D eigenvalue weighted by atomic mass is 9.84. The molecular formula is C78H132N8O20. The Morgan fingerprint density at radius 3 is 0.811 bits per heavy atom. The van der Waals surface area contributed by atoms with E-state index in [1.54, 1.807) is 51.3 Å². The molecule has 0 unspecified atom stereocenters. The van der Waals surface area contributed by atoms with Crippen LogP contribution in [0.3, 0.4) is 0 Å². The van der Waals surface area contributed by atoms with E-state index in [0.717, 1.165) is 116 Å². The molecule has 4 aliphatic heterocycles. The lowest BCUT2D eigenvalue weighted by Gasteiger charge is -2.35. The van der Waals surface area contributed by atoms with Crippen LogP contribution in [0.5, 0.6) is 0 Å². The highest BCUT2D eigenvalue weighted by Gasteiger charge is 2.53. The number of aliphatic carboxylic acids is 6. The van der Waals surface area contributed by atoms with Gasteiger partial charge in [-0.15, -0.1) is 0 Å². The predicted octanol–water partition coefficient (Wildman–Crippen LogP) is 8.57. The van der Waals surface area contributed by atoms with E-state index in [2.05, 4.69) is 35.1 Å². The zero-order valence-corrected chi connectivity index (χ0v) is 65.8. The summed E-state index contributed by atoms with van der Waals surface area (Å²) in [6.45, 7) is 26.9. The molecule has 0 aromatic carbocycles. The van der Waals surface area contributed by atoms with Crippen molar-refractivity contribution in [2.75, 3.05) is 13.2 Å². The van der Waals surface area contributed by atoms with Crippen molar-refractivity contribution >= 4 is 71.4 Å². The van der Waals surface area contributed by atoms with Gasteiger partial charge < -0.3 is 59.7 Å². The maximum Gasteiger partial charge on any atom is 0.326 e. The van der Waals surface area contributed by atoms with Crippen molar-refractivity contribution in [2.45, 2.75) is 361 Å². The first kappa shape index (κ1) is 90.1. The molecule has 28 nitrogen and oxygen atoms in total. The van der Waals surface area contributed by atoms with Gasteiger partial charge in [0.1, 0.15) is 48.3 Å². The highest BCUT2D eigenvalue weighted by molar-refractivity contribution is 5.91. The molecule has 0 radical (unpaired) electrons. The van der Waals surface area contributed by atoms with Crippen LogP contribution >= 0.6 is 0 Å². The predicted molar refractivity (Wildman–Crippen MR) is 396 cm³/mol. The molecule has 4 saturated heterocycles. The van der Waals surface area contributed by atoms with Crippen LogP contribution in [0.2, 0.25) is 0 Å². The smallest absolute Gasteiger partial charge is 0.326 e. The van der Waals surface area contributed by atoms with E-state index in [-0.39, 0.29) is 108 Å². The first-order chi connectivity index (χ1) is 49.9. The molecule has 0 aromatic rings. The molecule has 4 amide bonds. The number of carbonyl (C=O) groups excluding carboxylic acids is 6. The van der Waals surface area contributed by atoms with Crippen molar-refractivity contribution in [3.8, 4) is 0 Å². The SMILES string of the molecule is CC(C)CC[C@H](N[C@@H](C)C(=O)N1[C@H](C(=O)O)C[C@@H]2CCCC[C@@H]21)C(=O)O.CC(C)C[C@H](N[C@@H](C)C(=O)N1[C@H](C(=O)O)C[C@@H]2CCCC[C@@H]21)C(=O)O.CCOC(=O)[C@H](CC(C)C)N[C@@H](C)C(=O)N1[C@H](C(=O)O)C[C@@H]2CCCC[C@@H]21.CCOC(=O)[C@H](CCC(C)C)N[C@@H](C)C(=O)N1[C@H](C(=O)O)C[C@@H]2CCCC[C@@H]21. The molecule has 10 N–H and O–H groups in total. The summed E-state index contributed by atoms with van der Waals surface area (Å²) in [6.07, 6.45) is 21.4. The molecule has 106 heavy (non-hydrogen) atoms. The molecule has 0 bridgehead atoms. The fraction of sp³-hybridized carbons (Fsp3) is 0.846. The van der Waals surface area contributed by atoms with E-state index >= 15 is 0 Å². The first-order valence-corrected chi connectivity index (χ1v) is 40.0. The van der Waals surface area contributed by atoms with Crippen molar-refractivity contribution in [1.29, 1.82) is 0 Å². The summed E-state index contributed by atoms with van der Waals surface area (Å²) < 4.78 is 10.3. The van der Waals surface area contributed by atoms with Gasteiger partial charge >= 0.3 is 47.8 Å². The van der Waals surface area contributed by atoms with Crippen LogP contribution in [0.25, 0.3) is 0 Å². The molecule has 28 heteroatoms. The third-order valence-corrected chi connectivity index (χ3v) is 23.0. The van der Waals surface area contributed by atoms with Gasteiger partial charge in [-0.25, -0.2) is 19.2 Å². The molecule has 604 valence electrons. The minimum absolute atomic E-state index is 0.00254. The van der Waals surface area contributed by atoms with Crippen LogP contribution in [-0.4, -0.2) is 232 Å². The molecule has 0 spiro atoms. The Morgan fingerprint density at radius 1 is 0.321 bits per heavy atom. The Labute approximate surface area is 628 Å². The van der Waals surface area contributed by atoms with E-state index in [0.29, 0.717) is 63.2 Å². The van der Waals surface area contributed by atoms with Crippen LogP contribution in [0, 0.1) is 47.3 Å². The summed E-state index contributed by atoms with van der Waals surface area (Å²) in [5, 5.41) is 69.2. The Bertz CT molecular complexity index is 2930. The zero-order chi connectivity index (χ0) is 79.1. The van der Waals surface area contributed by atoms with Crippen molar-refractivity contribution in [3.63, 3.8) is 0 Å². The number of nitrogens with one attached hydrogen (secondary N) is 4. The number of hydrogen-bond donors (Lipinski definition) is 10. The average Bonchev–Trinajstić information content (AvgIpc) is 1.66. The number of hydrogen-bond acceptors (Lipinski definition) is 18. The van der Waals surface area contributed by atoms with E-state index in [1.165, 1.54) is 9.80 Å². The summed E-state index contributed by atoms with van der Waals surface area (Å²) in [6, 6.07) is -8.62. The summed E-state index contributed by atoms with van der Waals surface area (Å²) in [5.74, 6) is -5.22. The summed E-state index contributed by atoms with van der Waals surface area (Å²) >= 11 is 0. The standard InChI is InChI=1S/C21H36N2O5.C20H34N2O5.C19H32N2O5.C18H30N2O5/c1-5-28-21(27)16(11-10-13(2)3)22-14(4)19(24)23-17-9-7-6-8-15(17)12-18(23)20(25)26;1-5-27-20(26)15(10-12(2)3)21-13(4)18(23)22-16-9-7-6-8-14(16)11-17(22)19(24)25;1-11(2)8-9-14(18(23)24)20-12(3)17(22)21-15-7-5-4-6-13(15)10-16(21)19(25)26;1-10(2)8-13(17(22)23)19-11(3)16(21)20-14-7-5-4-6-12(14)9-15(20)18(24)25/h13-18,22H,5-12H2,1-4H3,(H,25,26);12-17,21H,5-11H2,1-4H3,(H,24,25);11-16,20H,4-10H2,1-3H3,(H,23,24)(H,25,26);10-15,19H,4-9H2,1-3H3,(H,22,23)(H,24,25)/t14-,15-,16-,17-,18-;13-,14-,15-,16-,17-;12-,13-,14-,15-,16-;11-,12-,13-,14-,15-/m0000/s1. The monoisotopic (exact) mass is 1500 g/mol. The van der Waals surface area contributed by atoms with Crippen LogP contribution in [0.1, 0.15) is 264 Å². The lowest BCUT2D eigenvalue weighted by molar-refractivity contribution is -0.152. The number of amides is 4. The van der Waals surface area contributed by atoms with Gasteiger partial charge in [0.05, 0.1) is 37.4 Å². The van der Waals surface area contributed by atoms with Crippen LogP contribution in [0.15, 0.2) is 0 Å². The lowest BCUT2D eigenvalue weighted by Crippen LogP contribution is -2.55. The Balaban J connectivity index is 0.000000254. The van der Waals surface area contributed by atoms with Gasteiger partial charge in [0.2, 0.25) is 23.6 Å². The van der Waals surface area contributed by atoms with Crippen molar-refractivity contribution in [3.05, 3.63) is 0 Å². The molecule has 8 rings (SSSR count). The summed E-state index contributed by atoms with van der Waals surface area (Å²) in [7, 11) is 0. The Morgan fingerprint density at radius 2 is 0.557 bits per heavy atom. The second-order valence-corrected chi connectivity index (χ2v) is 32.9. The maximum atomic E-state index is 13.2. The minimum Gasteiger partial charge on any atom is -0.480 e. The number of fused-ring (bicyclic) bond motifs is 4. The van der Waals surface area contributed by atoms with Crippen molar-refractivity contribution in [2.24, 2.45) is 47.3 Å². The topological polar surface area (TPSA) is 406 Å². The van der Waals surface area contributed by atoms with E-state index in [1.807, 2.05) is 41.5 Å². The van der Waals surface area contributed by atoms with Gasteiger partial charge in [-0.1, -0.05) is 107 Å². The number of carboxylic acid groups (broad SMARTS) is 6. The first-order valence-electron chi connectivity index (χ1n) is 40.0. The van der Waals surface area contributed by atoms with Crippen LogP contribution in [0.4, 0.5) is 0 Å². The van der Waals surface area contributed by atoms with Gasteiger partial charge in [-0.2, -0.15) is 0 Å². The summed E-state index contributed by atoms with van der Waals surface area (Å²) in [5.41, 5.74) is 0. The Kier molecular flexibility index (Phi) is 36.6. The zero-order valence-electron chi connectivity index (χ0n) is 65.8. The van der Waals surface area contributed by atoms with Crippen molar-refractivity contribution in [1.82, 2.24) is 40.9 Å². The minimum atomic E-state index is -0.986. The van der Waals surface area contributed by atoms with Gasteiger partial charge in [-0.3, -0.25) is 59.6 Å². The number of ether oxygens (including phenoxy) is 2. The van der Waals surface area contributed by atoms with Gasteiger partial charge in [0.15, 0.2) is 0 Å². The molecule has 8 fully saturated rings. The largest absolute Gasteiger partial charge is 0.480 e. The average molecular weight is 1500 g/mol. The highest BCUT2D eigenvalue weighted by Crippen LogP contribution is 2.44. The normalized spacial score (nSPS) is 27.5. The number of rotatable bonds is 32. The molecule has 4 saturated carbocycles. The Hall–Kier alpha value is -6.52. The van der Waals surface area contributed by atoms with Gasteiger partial charge in [0, 0.05) is 24.2 Å². The molecule has 4 aliphatic carbocycles. The third kappa shape index (κ3) is 25.3. The number of carbonyl (C=O) groups is 12. The molecule has 4 heterocycles. The third-order valence-electron chi connectivity index (χ3n) is 23.0. The molecule has 0 aromatic heterocycles. The quantitative estimate of drug-likeness (QED) is 0.0282. The number of likely N-dealkylation sites (tertiary alicyclic amines) is 4. The molecular weight excluding hydrogens is 1370 g/mol. The van der Waals surface area contributed by atoms with E-state index in [9.17, 15) is 88.2 Å². The van der Waals surface area contributed by atoms with Crippen LogP contribution < -0.4 is 21.3 Å². The van der Waals surface area contributed by atoms with Gasteiger partial charge in [0.25, 0.3) is 0 Å². The van der Waals surface area contributed by atoms with Crippen LogP contribution in [-0.2, 0) is 67.0 Å². The molecule has 8 aliphatic rings. The second-order valence-electron chi connectivity index (χ2n) is 32.9. The van der Waals surface area contributed by atoms with Gasteiger partial charge in [-0.05, 0) is 204 Å². The summed E-state index contributed by atoms with van der Waals surface area (Å²) in [4.78, 5) is 153. The number of nitrogens with zero attached hydrogens (tertiary/aromatic N) is 4. The highest BCUT2D eigenvalue weighted by atomic mass is 16.5. The fourth-order valence-electron chi connectivity index (χ4n) is 17.8. The van der Waals surface area contributed by atoms with E-state index in [4.69, 9.17) is 9.47 Å². The van der Waals surface area contributed by atoms with Crippen molar-refractivity contribution < 1.29 is 97.6 Å². The fourth-order valence-corrected chi connectivity index (χ4v) is 17.8. The number of carboxylic acids is 6. The van der Waals surface area contributed by atoms with E-state index < -0.39 is 108 Å². The number of esters is 2. The molecule has 20 atom stereocenters.